The second kappa shape index (κ2) is 18.9. The summed E-state index contributed by atoms with van der Waals surface area (Å²) in [6.45, 7) is 6.19. The van der Waals surface area contributed by atoms with Crippen molar-refractivity contribution in [3.05, 3.63) is 45.5 Å². The van der Waals surface area contributed by atoms with Gasteiger partial charge in [-0.25, -0.2) is 22.0 Å². The zero-order chi connectivity index (χ0) is 32.7. The van der Waals surface area contributed by atoms with Crippen LogP contribution in [0.4, 0.5) is 19.3 Å². The quantitative estimate of drug-likeness (QED) is 0.193. The van der Waals surface area contributed by atoms with Gasteiger partial charge >= 0.3 is 6.03 Å². The number of primary amides is 1. The number of rotatable bonds is 15. The van der Waals surface area contributed by atoms with E-state index in [4.69, 9.17) is 5.73 Å². The normalized spacial score (nSPS) is 17.6. The second-order valence-electron chi connectivity index (χ2n) is 11.9. The maximum atomic E-state index is 13.4. The summed E-state index contributed by atoms with van der Waals surface area (Å²) < 4.78 is 52.5. The van der Waals surface area contributed by atoms with E-state index in [0.29, 0.717) is 25.1 Å². The van der Waals surface area contributed by atoms with Crippen LogP contribution in [-0.4, -0.2) is 51.2 Å². The van der Waals surface area contributed by atoms with Gasteiger partial charge in [0.15, 0.2) is 0 Å². The molecule has 3 amide bonds. The summed E-state index contributed by atoms with van der Waals surface area (Å²) in [5.74, 6) is -0.185. The number of carbonyl (C=O) groups excluding carboxylic acids is 2. The lowest BCUT2D eigenvalue weighted by Crippen LogP contribution is -2.34. The summed E-state index contributed by atoms with van der Waals surface area (Å²) in [5, 5.41) is 4.27. The van der Waals surface area contributed by atoms with Crippen LogP contribution in [0.25, 0.3) is 6.08 Å². The zero-order valence-corrected chi connectivity index (χ0v) is 27.8. The predicted molar refractivity (Wildman–Crippen MR) is 175 cm³/mol. The monoisotopic (exact) mass is 638 g/mol. The Kier molecular flexibility index (Phi) is 16.1. The lowest BCUT2D eigenvalue weighted by atomic mass is 10.0. The van der Waals surface area contributed by atoms with Crippen LogP contribution in [0.5, 0.6) is 0 Å². The Hall–Kier alpha value is -2.79. The van der Waals surface area contributed by atoms with Crippen LogP contribution in [-0.2, 0) is 14.8 Å². The van der Waals surface area contributed by atoms with Crippen LogP contribution in [0.2, 0.25) is 0 Å². The fourth-order valence-electron chi connectivity index (χ4n) is 5.47. The number of alkyl halides is 2. The molecule has 44 heavy (non-hydrogen) atoms. The molecule has 1 aliphatic rings. The molecule has 0 atom stereocenters. The number of benzene rings is 1. The number of carbonyl (C=O) groups is 2. The van der Waals surface area contributed by atoms with Crippen LogP contribution in [0.15, 0.2) is 28.8 Å². The molecule has 0 radical (unpaired) electrons. The number of allylic oxidation sites excluding steroid dienone is 2. The number of hydrogen-bond acceptors (Lipinski definition) is 4. The van der Waals surface area contributed by atoms with Crippen molar-refractivity contribution in [2.75, 3.05) is 25.0 Å². The lowest BCUT2D eigenvalue weighted by molar-refractivity contribution is -0.120. The van der Waals surface area contributed by atoms with Crippen molar-refractivity contribution in [3.8, 4) is 0 Å². The molecule has 1 aromatic rings. The fourth-order valence-corrected chi connectivity index (χ4v) is 6.68. The van der Waals surface area contributed by atoms with E-state index in [0.717, 1.165) is 92.2 Å². The lowest BCUT2D eigenvalue weighted by Gasteiger charge is -2.20. The molecule has 0 fully saturated rings. The number of amides is 3. The topological polar surface area (TPSA) is 113 Å². The first kappa shape index (κ1) is 37.4. The molecule has 11 heteroatoms. The van der Waals surface area contributed by atoms with E-state index in [-0.39, 0.29) is 25.3 Å². The van der Waals surface area contributed by atoms with Crippen LogP contribution in [0.1, 0.15) is 114 Å². The Balaban J connectivity index is 1.93. The minimum atomic E-state index is -3.78. The van der Waals surface area contributed by atoms with Crippen LogP contribution < -0.4 is 16.0 Å². The van der Waals surface area contributed by atoms with Crippen molar-refractivity contribution >= 4 is 33.7 Å². The molecule has 1 heterocycles. The van der Waals surface area contributed by atoms with Crippen molar-refractivity contribution in [1.82, 2.24) is 9.62 Å². The maximum absolute atomic E-state index is 13.4. The van der Waals surface area contributed by atoms with Gasteiger partial charge in [0.05, 0.1) is 0 Å². The molecule has 8 nitrogen and oxygen atoms in total. The number of anilines is 1. The first-order chi connectivity index (χ1) is 20.8. The first-order valence-electron chi connectivity index (χ1n) is 15.9. The van der Waals surface area contributed by atoms with Crippen molar-refractivity contribution in [1.29, 1.82) is 0 Å². The fraction of sp³-hybridized carbons (Fsp3) is 0.636. The summed E-state index contributed by atoms with van der Waals surface area (Å²) in [7, 11) is -2.20. The number of nitrogens with one attached hydrogen (secondary N) is 1. The number of nitrogens with zero attached hydrogens (tertiary/aromatic N) is 2. The molecule has 0 bridgehead atoms. The molecule has 0 aromatic heterocycles. The molecule has 0 saturated carbocycles. The Morgan fingerprint density at radius 1 is 0.977 bits per heavy atom. The third kappa shape index (κ3) is 13.1. The van der Waals surface area contributed by atoms with Crippen molar-refractivity contribution < 1.29 is 26.8 Å². The molecule has 0 spiro atoms. The van der Waals surface area contributed by atoms with Gasteiger partial charge in [0.1, 0.15) is 0 Å². The van der Waals surface area contributed by atoms with E-state index in [1.54, 1.807) is 25.3 Å². The molecular formula is C33H52F2N4O4S. The van der Waals surface area contributed by atoms with E-state index >= 15 is 0 Å². The summed E-state index contributed by atoms with van der Waals surface area (Å²) in [4.78, 5) is 25.8. The highest BCUT2D eigenvalue weighted by atomic mass is 32.2. The standard InChI is InChI=1S/C33H52F2N4O4S/c1-25-15-13-14-20-39(44(42,43)22-19-29-26(2)23-28(24-27(29)3)38(4)33(36)41)21-18-32(40)37-30(25)16-11-9-7-5-6-8-10-12-17-31(34)35/h19,22-24,31H,5-18,20-21H2,1-4H3,(H2,36,41)(H,37,40)/b22-19+,30-25-. The van der Waals surface area contributed by atoms with Gasteiger partial charge in [-0.3, -0.25) is 9.69 Å². The van der Waals surface area contributed by atoms with E-state index in [2.05, 4.69) is 5.32 Å². The number of sulfonamides is 1. The van der Waals surface area contributed by atoms with Crippen LogP contribution >= 0.6 is 0 Å². The molecule has 0 aliphatic carbocycles. The number of urea groups is 1. The number of unbranched alkanes of at least 4 members (excludes halogenated alkanes) is 7. The summed E-state index contributed by atoms with van der Waals surface area (Å²) in [6, 6.07) is 3.00. The van der Waals surface area contributed by atoms with E-state index < -0.39 is 22.5 Å². The van der Waals surface area contributed by atoms with E-state index in [1.807, 2.05) is 20.8 Å². The molecular weight excluding hydrogens is 586 g/mol. The molecule has 1 aromatic carbocycles. The number of aryl methyl sites for hydroxylation is 2. The summed E-state index contributed by atoms with van der Waals surface area (Å²) in [6.07, 6.45) is 10.2. The van der Waals surface area contributed by atoms with Crippen molar-refractivity contribution in [2.24, 2.45) is 5.73 Å². The van der Waals surface area contributed by atoms with E-state index in [9.17, 15) is 26.8 Å². The van der Waals surface area contributed by atoms with Gasteiger partial charge in [0, 0.05) is 49.8 Å². The summed E-state index contributed by atoms with van der Waals surface area (Å²) in [5.41, 5.74) is 10.5. The first-order valence-corrected chi connectivity index (χ1v) is 17.4. The minimum absolute atomic E-state index is 0.000465. The van der Waals surface area contributed by atoms with Gasteiger partial charge in [0.25, 0.3) is 0 Å². The van der Waals surface area contributed by atoms with Gasteiger partial charge in [0.2, 0.25) is 22.4 Å². The highest BCUT2D eigenvalue weighted by Crippen LogP contribution is 2.25. The molecule has 0 unspecified atom stereocenters. The average Bonchev–Trinajstić information content (AvgIpc) is 2.98. The molecule has 2 rings (SSSR count). The number of nitrogens with two attached hydrogens (primary N) is 1. The second-order valence-corrected chi connectivity index (χ2v) is 13.7. The molecule has 0 saturated heterocycles. The van der Waals surface area contributed by atoms with Crippen molar-refractivity contribution in [3.63, 3.8) is 0 Å². The Morgan fingerprint density at radius 3 is 2.16 bits per heavy atom. The zero-order valence-electron chi connectivity index (χ0n) is 27.0. The molecule has 1 aliphatic heterocycles. The van der Waals surface area contributed by atoms with Gasteiger partial charge in [-0.2, -0.15) is 4.31 Å². The summed E-state index contributed by atoms with van der Waals surface area (Å²) >= 11 is 0. The third-order valence-corrected chi connectivity index (χ3v) is 9.83. The third-order valence-electron chi connectivity index (χ3n) is 8.27. The maximum Gasteiger partial charge on any atom is 0.318 e. The number of halogens is 2. The predicted octanol–water partition coefficient (Wildman–Crippen LogP) is 7.55. The SMILES string of the molecule is C/C1=C(\CCCCCCCCCCC(F)F)NC(=O)CCN(S(=O)(=O)/C=C/c2c(C)cc(N(C)C(N)=O)cc2C)CCCC1. The Morgan fingerprint density at radius 2 is 1.57 bits per heavy atom. The number of hydrogen-bond donors (Lipinski definition) is 2. The molecule has 3 N–H and O–H groups in total. The molecule has 248 valence electrons. The smallest absolute Gasteiger partial charge is 0.318 e. The van der Waals surface area contributed by atoms with Gasteiger partial charge in [-0.15, -0.1) is 0 Å². The largest absolute Gasteiger partial charge is 0.351 e. The Labute approximate surface area is 263 Å². The van der Waals surface area contributed by atoms with Crippen LogP contribution in [0.3, 0.4) is 0 Å². The van der Waals surface area contributed by atoms with Crippen molar-refractivity contribution in [2.45, 2.75) is 117 Å². The van der Waals surface area contributed by atoms with Crippen LogP contribution in [0, 0.1) is 13.8 Å². The van der Waals surface area contributed by atoms with Gasteiger partial charge in [-0.05, 0) is 94.2 Å². The van der Waals surface area contributed by atoms with Gasteiger partial charge < -0.3 is 11.1 Å². The van der Waals surface area contributed by atoms with E-state index in [1.165, 1.54) is 14.6 Å². The minimum Gasteiger partial charge on any atom is -0.351 e. The van der Waals surface area contributed by atoms with Gasteiger partial charge in [-0.1, -0.05) is 44.1 Å². The highest BCUT2D eigenvalue weighted by molar-refractivity contribution is 7.92. The highest BCUT2D eigenvalue weighted by Gasteiger charge is 2.22. The Bertz CT molecular complexity index is 1240. The average molecular weight is 639 g/mol.